The van der Waals surface area contributed by atoms with Crippen LogP contribution in [0.4, 0.5) is 9.59 Å². The SMILES string of the molecule is CC(C)(C)OC(=O)NC1(C#Cc2ccc(C#CC3(NC(=O)OC(C)(C)C)COC(C)(C)OC3)c(Cl)c2)COC(C)(C)OC1. The van der Waals surface area contributed by atoms with Gasteiger partial charge in [0, 0.05) is 11.1 Å². The van der Waals surface area contributed by atoms with Gasteiger partial charge in [-0.2, -0.15) is 0 Å². The predicted molar refractivity (Wildman–Crippen MR) is 161 cm³/mol. The van der Waals surface area contributed by atoms with Crippen LogP contribution in [-0.2, 0) is 28.4 Å². The maximum Gasteiger partial charge on any atom is 0.409 e. The first-order chi connectivity index (χ1) is 19.6. The zero-order valence-electron chi connectivity index (χ0n) is 26.7. The molecule has 0 aromatic heterocycles. The summed E-state index contributed by atoms with van der Waals surface area (Å²) >= 11 is 6.60. The van der Waals surface area contributed by atoms with Crippen LogP contribution in [0.3, 0.4) is 0 Å². The molecule has 2 amide bonds. The number of carbonyl (C=O) groups excluding carboxylic acids is 2. The number of carbonyl (C=O) groups is 2. The average Bonchev–Trinajstić information content (AvgIpc) is 2.83. The molecule has 2 N–H and O–H groups in total. The number of ether oxygens (including phenoxy) is 6. The lowest BCUT2D eigenvalue weighted by molar-refractivity contribution is -0.262. The molecule has 10 nitrogen and oxygen atoms in total. The first-order valence-corrected chi connectivity index (χ1v) is 14.4. The summed E-state index contributed by atoms with van der Waals surface area (Å²) in [7, 11) is 0. The van der Waals surface area contributed by atoms with Crippen LogP contribution < -0.4 is 10.6 Å². The normalized spacial score (nSPS) is 20.3. The third kappa shape index (κ3) is 10.9. The summed E-state index contributed by atoms with van der Waals surface area (Å²) in [6, 6.07) is 5.14. The molecule has 0 radical (unpaired) electrons. The fourth-order valence-corrected chi connectivity index (χ4v) is 4.00. The van der Waals surface area contributed by atoms with Gasteiger partial charge in [-0.05, 0) is 87.4 Å². The molecule has 236 valence electrons. The number of amides is 2. The van der Waals surface area contributed by atoms with Crippen LogP contribution in [0.2, 0.25) is 5.02 Å². The van der Waals surface area contributed by atoms with E-state index in [1.165, 1.54) is 0 Å². The molecular formula is C32H43ClN2O8. The van der Waals surface area contributed by atoms with Crippen LogP contribution in [0.25, 0.3) is 0 Å². The van der Waals surface area contributed by atoms with Crippen molar-refractivity contribution in [2.24, 2.45) is 0 Å². The molecule has 0 bridgehead atoms. The highest BCUT2D eigenvalue weighted by atomic mass is 35.5. The van der Waals surface area contributed by atoms with E-state index in [0.717, 1.165) is 0 Å². The maximum atomic E-state index is 12.6. The maximum absolute atomic E-state index is 12.6. The van der Waals surface area contributed by atoms with Crippen molar-refractivity contribution in [1.82, 2.24) is 10.6 Å². The van der Waals surface area contributed by atoms with Gasteiger partial charge in [-0.1, -0.05) is 35.3 Å². The number of nitrogens with one attached hydrogen (secondary N) is 2. The number of benzene rings is 1. The highest BCUT2D eigenvalue weighted by Gasteiger charge is 2.42. The van der Waals surface area contributed by atoms with Crippen molar-refractivity contribution < 1.29 is 38.0 Å². The van der Waals surface area contributed by atoms with Gasteiger partial charge in [0.1, 0.15) is 11.2 Å². The van der Waals surface area contributed by atoms with E-state index in [9.17, 15) is 9.59 Å². The van der Waals surface area contributed by atoms with E-state index in [1.807, 2.05) is 0 Å². The number of rotatable bonds is 2. The molecule has 0 unspecified atom stereocenters. The number of alkyl carbamates (subject to hydrolysis) is 2. The topological polar surface area (TPSA) is 114 Å². The Kier molecular flexibility index (Phi) is 10.1. The van der Waals surface area contributed by atoms with Crippen LogP contribution in [0, 0.1) is 23.7 Å². The van der Waals surface area contributed by atoms with Crippen molar-refractivity contribution in [3.63, 3.8) is 0 Å². The molecule has 2 heterocycles. The van der Waals surface area contributed by atoms with Crippen molar-refractivity contribution in [2.75, 3.05) is 26.4 Å². The van der Waals surface area contributed by atoms with E-state index in [-0.39, 0.29) is 26.4 Å². The lowest BCUT2D eigenvalue weighted by atomic mass is 9.99. The molecule has 1 aromatic carbocycles. The largest absolute Gasteiger partial charge is 0.444 e. The third-order valence-corrected chi connectivity index (χ3v) is 6.31. The Balaban J connectivity index is 1.85. The number of hydrogen-bond acceptors (Lipinski definition) is 8. The van der Waals surface area contributed by atoms with Crippen LogP contribution in [-0.4, -0.2) is 72.5 Å². The molecule has 3 rings (SSSR count). The Hall–Kier alpha value is -2.99. The van der Waals surface area contributed by atoms with Gasteiger partial charge < -0.3 is 39.1 Å². The molecule has 0 aliphatic carbocycles. The van der Waals surface area contributed by atoms with Gasteiger partial charge in [-0.3, -0.25) is 0 Å². The van der Waals surface area contributed by atoms with Crippen molar-refractivity contribution in [3.05, 3.63) is 34.3 Å². The fourth-order valence-electron chi connectivity index (χ4n) is 3.78. The third-order valence-electron chi connectivity index (χ3n) is 6.00. The molecule has 2 aliphatic rings. The second-order valence-electron chi connectivity index (χ2n) is 13.6. The van der Waals surface area contributed by atoms with Gasteiger partial charge >= 0.3 is 12.2 Å². The Bertz CT molecular complexity index is 1320. The number of hydrogen-bond donors (Lipinski definition) is 2. The van der Waals surface area contributed by atoms with E-state index < -0.39 is 46.0 Å². The van der Waals surface area contributed by atoms with Gasteiger partial charge in [0.25, 0.3) is 0 Å². The minimum absolute atomic E-state index is 0.0844. The molecule has 43 heavy (non-hydrogen) atoms. The molecule has 2 aliphatic heterocycles. The van der Waals surface area contributed by atoms with E-state index in [1.54, 1.807) is 87.4 Å². The molecule has 11 heteroatoms. The number of halogens is 1. The van der Waals surface area contributed by atoms with Crippen molar-refractivity contribution >= 4 is 23.8 Å². The quantitative estimate of drug-likeness (QED) is 0.438. The van der Waals surface area contributed by atoms with E-state index in [0.29, 0.717) is 16.1 Å². The van der Waals surface area contributed by atoms with E-state index in [4.69, 9.17) is 40.0 Å². The fraction of sp³-hybridized carbons (Fsp3) is 0.625. The zero-order valence-corrected chi connectivity index (χ0v) is 27.5. The van der Waals surface area contributed by atoms with Crippen molar-refractivity contribution in [3.8, 4) is 23.7 Å². The lowest BCUT2D eigenvalue weighted by Crippen LogP contribution is -2.60. The van der Waals surface area contributed by atoms with Gasteiger partial charge in [0.2, 0.25) is 0 Å². The monoisotopic (exact) mass is 618 g/mol. The molecule has 1 aromatic rings. The van der Waals surface area contributed by atoms with Crippen LogP contribution >= 0.6 is 11.6 Å². The van der Waals surface area contributed by atoms with Crippen LogP contribution in [0.1, 0.15) is 80.4 Å². The summed E-state index contributed by atoms with van der Waals surface area (Å²) in [4.78, 5) is 25.2. The summed E-state index contributed by atoms with van der Waals surface area (Å²) in [5.41, 5.74) is -2.59. The molecule has 0 saturated carbocycles. The second-order valence-corrected chi connectivity index (χ2v) is 14.0. The standard InChI is InChI=1S/C32H43ClN2O8/c1-27(2,3)42-25(36)34-31(18-38-29(7,8)39-19-31)15-13-22-11-12-23(24(33)17-22)14-16-32(20-40-30(9,10)41-21-32)35-26(37)43-28(4,5)6/h11-12,17H,18-21H2,1-10H3,(H,34,36)(H,35,37). The van der Waals surface area contributed by atoms with Gasteiger partial charge in [0.05, 0.1) is 31.5 Å². The Morgan fingerprint density at radius 3 is 1.51 bits per heavy atom. The molecule has 2 saturated heterocycles. The Labute approximate surface area is 259 Å². The average molecular weight is 619 g/mol. The van der Waals surface area contributed by atoms with Gasteiger partial charge in [0.15, 0.2) is 22.7 Å². The minimum atomic E-state index is -1.16. The first-order valence-electron chi connectivity index (χ1n) is 14.0. The molecular weight excluding hydrogens is 576 g/mol. The molecule has 0 spiro atoms. The van der Waals surface area contributed by atoms with Crippen LogP contribution in [0.15, 0.2) is 18.2 Å². The second kappa shape index (κ2) is 12.6. The molecule has 0 atom stereocenters. The highest BCUT2D eigenvalue weighted by molar-refractivity contribution is 6.31. The van der Waals surface area contributed by atoms with Crippen molar-refractivity contribution in [2.45, 2.75) is 103 Å². The Morgan fingerprint density at radius 1 is 0.744 bits per heavy atom. The first kappa shape index (κ1) is 34.5. The zero-order chi connectivity index (χ0) is 32.3. The molecule has 2 fully saturated rings. The smallest absolute Gasteiger partial charge is 0.409 e. The summed E-state index contributed by atoms with van der Waals surface area (Å²) in [5.74, 6) is 10.6. The summed E-state index contributed by atoms with van der Waals surface area (Å²) in [6.07, 6.45) is -1.27. The van der Waals surface area contributed by atoms with E-state index in [2.05, 4.69) is 34.3 Å². The highest BCUT2D eigenvalue weighted by Crippen LogP contribution is 2.26. The lowest BCUT2D eigenvalue weighted by Gasteiger charge is -2.41. The Morgan fingerprint density at radius 2 is 1.14 bits per heavy atom. The van der Waals surface area contributed by atoms with Crippen molar-refractivity contribution in [1.29, 1.82) is 0 Å². The summed E-state index contributed by atoms with van der Waals surface area (Å²) < 4.78 is 34.1. The van der Waals surface area contributed by atoms with Crippen LogP contribution in [0.5, 0.6) is 0 Å². The van der Waals surface area contributed by atoms with Gasteiger partial charge in [-0.15, -0.1) is 0 Å². The summed E-state index contributed by atoms with van der Waals surface area (Å²) in [5, 5.41) is 5.96. The minimum Gasteiger partial charge on any atom is -0.444 e. The summed E-state index contributed by atoms with van der Waals surface area (Å²) in [6.45, 7) is 18.2. The van der Waals surface area contributed by atoms with E-state index >= 15 is 0 Å². The van der Waals surface area contributed by atoms with Gasteiger partial charge in [-0.25, -0.2) is 9.59 Å². The predicted octanol–water partition coefficient (Wildman–Crippen LogP) is 5.14.